The minimum Gasteiger partial charge on any atom is -0.470 e. The van der Waals surface area contributed by atoms with Gasteiger partial charge in [-0.15, -0.1) is 21.9 Å². The number of amides is 1. The zero-order valence-electron chi connectivity index (χ0n) is 19.5. The smallest absolute Gasteiger partial charge is 0.252 e. The van der Waals surface area contributed by atoms with Crippen molar-refractivity contribution in [1.29, 1.82) is 0 Å². The Kier molecular flexibility index (Phi) is 6.63. The Balaban J connectivity index is 1.41. The van der Waals surface area contributed by atoms with Crippen LogP contribution in [0.2, 0.25) is 0 Å². The van der Waals surface area contributed by atoms with Crippen molar-refractivity contribution in [1.82, 2.24) is 35.3 Å². The number of carbonyl (C=O) groups is 1. The molecule has 1 N–H and O–H groups in total. The van der Waals surface area contributed by atoms with E-state index >= 15 is 0 Å². The zero-order valence-corrected chi connectivity index (χ0v) is 19.5. The first-order valence-electron chi connectivity index (χ1n) is 11.2. The van der Waals surface area contributed by atoms with Gasteiger partial charge in [-0.1, -0.05) is 29.4 Å². The van der Waals surface area contributed by atoms with Crippen LogP contribution in [0.5, 0.6) is 5.88 Å². The molecule has 0 aliphatic heterocycles. The van der Waals surface area contributed by atoms with Gasteiger partial charge < -0.3 is 19.3 Å². The lowest BCUT2D eigenvalue weighted by molar-refractivity contribution is 0.0954. The van der Waals surface area contributed by atoms with Crippen LogP contribution in [-0.4, -0.2) is 49.5 Å². The highest BCUT2D eigenvalue weighted by atomic mass is 16.5. The van der Waals surface area contributed by atoms with Gasteiger partial charge in [0.25, 0.3) is 5.91 Å². The van der Waals surface area contributed by atoms with Gasteiger partial charge in [0.2, 0.25) is 11.7 Å². The molecule has 5 rings (SSSR count). The highest BCUT2D eigenvalue weighted by Crippen LogP contribution is 2.29. The van der Waals surface area contributed by atoms with Crippen molar-refractivity contribution in [2.24, 2.45) is 0 Å². The van der Waals surface area contributed by atoms with E-state index in [4.69, 9.17) is 14.0 Å². The Morgan fingerprint density at radius 2 is 2.03 bits per heavy atom. The standard InChI is InChI=1S/C25H23N7O4/c1-3-4-11-26-24(33)16-9-10-17(27-13-16)14-35-25-20-8-6-5-7-19(20)22-28-29-23(32(22)30-25)21-12-18(15-34-2)36-31-21/h3,5-10,12-13H,1,4,11,14-15H2,2H3,(H,26,33). The summed E-state index contributed by atoms with van der Waals surface area (Å²) in [6.45, 7) is 4.62. The lowest BCUT2D eigenvalue weighted by Crippen LogP contribution is -2.24. The highest BCUT2D eigenvalue weighted by Gasteiger charge is 2.19. The molecule has 1 aromatic carbocycles. The summed E-state index contributed by atoms with van der Waals surface area (Å²) in [6, 6.07) is 12.8. The Morgan fingerprint density at radius 3 is 2.81 bits per heavy atom. The minimum atomic E-state index is -0.184. The maximum absolute atomic E-state index is 12.2. The fourth-order valence-corrected chi connectivity index (χ4v) is 3.62. The average Bonchev–Trinajstić information content (AvgIpc) is 3.55. The molecule has 0 spiro atoms. The predicted molar refractivity (Wildman–Crippen MR) is 130 cm³/mol. The molecule has 0 aliphatic carbocycles. The van der Waals surface area contributed by atoms with E-state index in [2.05, 4.69) is 37.3 Å². The van der Waals surface area contributed by atoms with Crippen molar-refractivity contribution in [2.75, 3.05) is 13.7 Å². The second-order valence-electron chi connectivity index (χ2n) is 7.88. The highest BCUT2D eigenvalue weighted by molar-refractivity contribution is 5.97. The monoisotopic (exact) mass is 485 g/mol. The summed E-state index contributed by atoms with van der Waals surface area (Å²) in [5.74, 6) is 1.17. The molecule has 5 aromatic rings. The average molecular weight is 486 g/mol. The van der Waals surface area contributed by atoms with Gasteiger partial charge in [-0.2, -0.15) is 4.52 Å². The Hall–Kier alpha value is -4.64. The van der Waals surface area contributed by atoms with E-state index in [1.807, 2.05) is 24.3 Å². The maximum atomic E-state index is 12.2. The molecule has 0 aliphatic rings. The summed E-state index contributed by atoms with van der Waals surface area (Å²) in [6.07, 6.45) is 3.98. The van der Waals surface area contributed by atoms with Gasteiger partial charge in [-0.3, -0.25) is 9.78 Å². The van der Waals surface area contributed by atoms with Gasteiger partial charge in [0, 0.05) is 36.7 Å². The first kappa shape index (κ1) is 23.1. The van der Waals surface area contributed by atoms with E-state index in [0.717, 1.165) is 10.8 Å². The third-order valence-corrected chi connectivity index (χ3v) is 5.38. The van der Waals surface area contributed by atoms with Crippen molar-refractivity contribution >= 4 is 22.3 Å². The summed E-state index contributed by atoms with van der Waals surface area (Å²) in [5, 5.41) is 21.7. The largest absolute Gasteiger partial charge is 0.470 e. The molecule has 0 atom stereocenters. The third-order valence-electron chi connectivity index (χ3n) is 5.38. The third kappa shape index (κ3) is 4.64. The van der Waals surface area contributed by atoms with E-state index in [1.54, 1.807) is 35.9 Å². The number of benzene rings is 1. The number of pyridine rings is 1. The molecule has 4 aromatic heterocycles. The van der Waals surface area contributed by atoms with Crippen LogP contribution >= 0.6 is 0 Å². The molecule has 36 heavy (non-hydrogen) atoms. The number of rotatable bonds is 10. The quantitative estimate of drug-likeness (QED) is 0.234. The molecule has 0 unspecified atom stereocenters. The van der Waals surface area contributed by atoms with Crippen LogP contribution < -0.4 is 10.1 Å². The summed E-state index contributed by atoms with van der Waals surface area (Å²) in [5.41, 5.74) is 2.16. The topological polar surface area (TPSA) is 130 Å². The fourth-order valence-electron chi connectivity index (χ4n) is 3.62. The van der Waals surface area contributed by atoms with E-state index < -0.39 is 0 Å². The van der Waals surface area contributed by atoms with Crippen molar-refractivity contribution in [3.05, 3.63) is 78.3 Å². The van der Waals surface area contributed by atoms with E-state index in [9.17, 15) is 4.79 Å². The number of aromatic nitrogens is 6. The normalized spacial score (nSPS) is 11.1. The molecule has 11 nitrogen and oxygen atoms in total. The maximum Gasteiger partial charge on any atom is 0.252 e. The van der Waals surface area contributed by atoms with Crippen LogP contribution in [-0.2, 0) is 18.0 Å². The molecule has 0 radical (unpaired) electrons. The zero-order chi connectivity index (χ0) is 24.9. The number of fused-ring (bicyclic) bond motifs is 3. The summed E-state index contributed by atoms with van der Waals surface area (Å²) < 4.78 is 18.0. The number of carbonyl (C=O) groups excluding carboxylic acids is 1. The number of methoxy groups -OCH3 is 1. The van der Waals surface area contributed by atoms with Crippen molar-refractivity contribution in [3.8, 4) is 17.4 Å². The molecule has 1 amide bonds. The summed E-state index contributed by atoms with van der Waals surface area (Å²) >= 11 is 0. The predicted octanol–water partition coefficient (Wildman–Crippen LogP) is 3.36. The molecule has 0 bridgehead atoms. The van der Waals surface area contributed by atoms with Gasteiger partial charge in [-0.25, -0.2) is 0 Å². The van der Waals surface area contributed by atoms with E-state index in [1.165, 1.54) is 6.20 Å². The van der Waals surface area contributed by atoms with Crippen molar-refractivity contribution in [3.63, 3.8) is 0 Å². The fraction of sp³-hybridized carbons (Fsp3) is 0.200. The van der Waals surface area contributed by atoms with Gasteiger partial charge in [-0.05, 0) is 24.6 Å². The number of hydrogen-bond donors (Lipinski definition) is 1. The van der Waals surface area contributed by atoms with E-state index in [0.29, 0.717) is 53.0 Å². The summed E-state index contributed by atoms with van der Waals surface area (Å²) in [4.78, 5) is 16.5. The van der Waals surface area contributed by atoms with E-state index in [-0.39, 0.29) is 19.1 Å². The van der Waals surface area contributed by atoms with Crippen LogP contribution in [0.15, 0.2) is 65.8 Å². The van der Waals surface area contributed by atoms with Crippen LogP contribution in [0.1, 0.15) is 28.2 Å². The molecule has 0 saturated carbocycles. The van der Waals surface area contributed by atoms with Gasteiger partial charge in [0.1, 0.15) is 13.2 Å². The second kappa shape index (κ2) is 10.3. The minimum absolute atomic E-state index is 0.153. The molecule has 0 saturated heterocycles. The SMILES string of the molecule is C=CCCNC(=O)c1ccc(COc2nn3c(-c4cc(COC)on4)nnc3c3ccccc23)nc1. The number of ether oxygens (including phenoxy) is 2. The molecule has 4 heterocycles. The van der Waals surface area contributed by atoms with Gasteiger partial charge >= 0.3 is 0 Å². The molecule has 11 heteroatoms. The van der Waals surface area contributed by atoms with Gasteiger partial charge in [0.05, 0.1) is 11.3 Å². The lowest BCUT2D eigenvalue weighted by Gasteiger charge is -2.10. The Morgan fingerprint density at radius 1 is 1.17 bits per heavy atom. The molecule has 182 valence electrons. The number of nitrogens with one attached hydrogen (secondary N) is 1. The van der Waals surface area contributed by atoms with Crippen LogP contribution in [0.25, 0.3) is 27.9 Å². The number of hydrogen-bond acceptors (Lipinski definition) is 9. The van der Waals surface area contributed by atoms with Crippen LogP contribution in [0.4, 0.5) is 0 Å². The lowest BCUT2D eigenvalue weighted by atomic mass is 10.2. The number of nitrogens with zero attached hydrogens (tertiary/aromatic N) is 6. The molecular formula is C25H23N7O4. The first-order chi connectivity index (χ1) is 17.7. The first-order valence-corrected chi connectivity index (χ1v) is 11.2. The van der Waals surface area contributed by atoms with Gasteiger partial charge in [0.15, 0.2) is 17.1 Å². The Bertz CT molecular complexity index is 1530. The van der Waals surface area contributed by atoms with Crippen LogP contribution in [0.3, 0.4) is 0 Å². The Labute approximate surface area is 205 Å². The van der Waals surface area contributed by atoms with Crippen molar-refractivity contribution in [2.45, 2.75) is 19.6 Å². The van der Waals surface area contributed by atoms with Crippen molar-refractivity contribution < 1.29 is 18.8 Å². The van der Waals surface area contributed by atoms with Crippen LogP contribution in [0, 0.1) is 0 Å². The molecular weight excluding hydrogens is 462 g/mol. The summed E-state index contributed by atoms with van der Waals surface area (Å²) in [7, 11) is 1.58. The molecule has 0 fully saturated rings. The second-order valence-corrected chi connectivity index (χ2v) is 7.88.